The summed E-state index contributed by atoms with van der Waals surface area (Å²) in [6, 6.07) is 2.18. The third kappa shape index (κ3) is 1.46. The molecule has 11 heavy (non-hydrogen) atoms. The van der Waals surface area contributed by atoms with Crippen molar-refractivity contribution in [2.24, 2.45) is 12.7 Å². The predicted molar refractivity (Wildman–Crippen MR) is 40.2 cm³/mol. The Balaban J connectivity index is 3.37. The third-order valence-corrected chi connectivity index (χ3v) is 1.20. The average molecular weight is 155 g/mol. The normalized spacial score (nSPS) is 14.7. The first-order chi connectivity index (χ1) is 6.32. The highest BCUT2D eigenvalue weighted by Crippen LogP contribution is 1.91. The maximum absolute atomic E-state index is 11.1. The number of rotatable bonds is 1. The number of carbonyl (C=O) groups excluding carboxylic acids is 1. The molecule has 0 spiro atoms. The van der Waals surface area contributed by atoms with Crippen LogP contribution in [0.4, 0.5) is 0 Å². The molecule has 0 saturated heterocycles. The fraction of sp³-hybridized carbons (Fsp3) is 0.143. The van der Waals surface area contributed by atoms with Crippen molar-refractivity contribution >= 4 is 5.91 Å². The first kappa shape index (κ1) is 4.33. The van der Waals surface area contributed by atoms with E-state index in [1.54, 1.807) is 0 Å². The minimum absolute atomic E-state index is 0.0132. The number of aromatic nitrogens is 1. The van der Waals surface area contributed by atoms with Gasteiger partial charge in [0.2, 0.25) is 11.5 Å². The van der Waals surface area contributed by atoms with Crippen LogP contribution in [-0.2, 0) is 6.98 Å². The van der Waals surface area contributed by atoms with E-state index in [-0.39, 0.29) is 5.56 Å². The van der Waals surface area contributed by atoms with Crippen LogP contribution in [0.3, 0.4) is 0 Å². The van der Waals surface area contributed by atoms with Crippen LogP contribution in [0.2, 0.25) is 0 Å². The van der Waals surface area contributed by atoms with Crippen molar-refractivity contribution in [3.05, 3.63) is 34.2 Å². The first-order valence-corrected chi connectivity index (χ1v) is 2.85. The van der Waals surface area contributed by atoms with Gasteiger partial charge in [-0.05, 0) is 6.07 Å². The molecule has 0 atom stereocenters. The maximum atomic E-state index is 11.1. The van der Waals surface area contributed by atoms with Crippen molar-refractivity contribution in [3.8, 4) is 0 Å². The van der Waals surface area contributed by atoms with Crippen LogP contribution < -0.4 is 11.3 Å². The molecule has 4 heteroatoms. The lowest BCUT2D eigenvalue weighted by atomic mass is 10.3. The summed E-state index contributed by atoms with van der Waals surface area (Å²) in [6.07, 6.45) is 0.928. The largest absolute Gasteiger partial charge is 0.366 e. The van der Waals surface area contributed by atoms with Gasteiger partial charge in [-0.3, -0.25) is 9.59 Å². The molecule has 0 radical (unpaired) electrons. The third-order valence-electron chi connectivity index (χ3n) is 1.20. The standard InChI is InChI=1S/C7H8N2O2/c1-9-4-5(7(8)11)2-3-6(9)10/h2-4H,1H3,(H2,8,11)/i1D3. The molecule has 0 bridgehead atoms. The zero-order valence-corrected chi connectivity index (χ0v) is 5.57. The van der Waals surface area contributed by atoms with Crippen molar-refractivity contribution in [2.75, 3.05) is 0 Å². The van der Waals surface area contributed by atoms with Crippen LogP contribution in [0.5, 0.6) is 0 Å². The Kier molecular flexibility index (Phi) is 1.01. The summed E-state index contributed by atoms with van der Waals surface area (Å²) in [7, 11) is 0. The monoisotopic (exact) mass is 155 g/mol. The summed E-state index contributed by atoms with van der Waals surface area (Å²) in [5.41, 5.74) is 4.23. The minimum Gasteiger partial charge on any atom is -0.366 e. The zero-order chi connectivity index (χ0) is 10.9. The highest BCUT2D eigenvalue weighted by atomic mass is 16.1. The second-order valence-corrected chi connectivity index (χ2v) is 1.99. The fourth-order valence-corrected chi connectivity index (χ4v) is 0.633. The van der Waals surface area contributed by atoms with Gasteiger partial charge in [0, 0.05) is 23.4 Å². The molecule has 0 fully saturated rings. The van der Waals surface area contributed by atoms with Crippen LogP contribution in [-0.4, -0.2) is 10.5 Å². The van der Waals surface area contributed by atoms with Crippen LogP contribution in [0.1, 0.15) is 14.5 Å². The molecule has 2 N–H and O–H groups in total. The Morgan fingerprint density at radius 2 is 2.45 bits per heavy atom. The number of primary amides is 1. The Labute approximate surface area is 67.5 Å². The topological polar surface area (TPSA) is 65.1 Å². The van der Waals surface area contributed by atoms with Gasteiger partial charge in [0.15, 0.2) is 0 Å². The predicted octanol–water partition coefficient (Wildman–Crippen LogP) is -0.516. The molecule has 1 amide bonds. The summed E-state index contributed by atoms with van der Waals surface area (Å²) in [6.45, 7) is -2.59. The number of carbonyl (C=O) groups is 1. The molecule has 0 aliphatic rings. The van der Waals surface area contributed by atoms with Gasteiger partial charge in [-0.2, -0.15) is 0 Å². The number of nitrogens with two attached hydrogens (primary N) is 1. The van der Waals surface area contributed by atoms with Crippen LogP contribution in [0.25, 0.3) is 0 Å². The van der Waals surface area contributed by atoms with Crippen LogP contribution in [0, 0.1) is 0 Å². The molecule has 1 heterocycles. The number of nitrogens with zero attached hydrogens (tertiary/aromatic N) is 1. The van der Waals surface area contributed by atoms with Gasteiger partial charge in [-0.25, -0.2) is 0 Å². The molecule has 58 valence electrons. The Morgan fingerprint density at radius 1 is 1.73 bits per heavy atom. The van der Waals surface area contributed by atoms with Crippen LogP contribution >= 0.6 is 0 Å². The lowest BCUT2D eigenvalue weighted by Gasteiger charge is -1.97. The summed E-state index contributed by atoms with van der Waals surface area (Å²) in [5.74, 6) is -0.775. The number of hydrogen-bond donors (Lipinski definition) is 1. The smallest absolute Gasteiger partial charge is 0.250 e. The second-order valence-electron chi connectivity index (χ2n) is 1.99. The van der Waals surface area contributed by atoms with E-state index in [1.807, 2.05) is 0 Å². The summed E-state index contributed by atoms with van der Waals surface area (Å²) < 4.78 is 21.5. The molecule has 0 aliphatic carbocycles. The molecule has 0 saturated carbocycles. The van der Waals surface area contributed by atoms with Gasteiger partial charge >= 0.3 is 0 Å². The van der Waals surface area contributed by atoms with Gasteiger partial charge in [-0.1, -0.05) is 0 Å². The Bertz CT molecular complexity index is 422. The molecular formula is C7H8N2O2. The molecule has 1 rings (SSSR count). The van der Waals surface area contributed by atoms with Gasteiger partial charge < -0.3 is 10.3 Å². The van der Waals surface area contributed by atoms with E-state index in [1.165, 1.54) is 6.07 Å². The number of pyridine rings is 1. The van der Waals surface area contributed by atoms with E-state index >= 15 is 0 Å². The van der Waals surface area contributed by atoms with E-state index in [4.69, 9.17) is 9.85 Å². The Morgan fingerprint density at radius 3 is 3.00 bits per heavy atom. The average Bonchev–Trinajstić information content (AvgIpc) is 2.02. The minimum atomic E-state index is -2.59. The lowest BCUT2D eigenvalue weighted by Crippen LogP contribution is -2.19. The van der Waals surface area contributed by atoms with Crippen LogP contribution in [0.15, 0.2) is 23.1 Å². The van der Waals surface area contributed by atoms with Crippen molar-refractivity contribution in [1.29, 1.82) is 0 Å². The van der Waals surface area contributed by atoms with Gasteiger partial charge in [0.25, 0.3) is 0 Å². The van der Waals surface area contributed by atoms with E-state index in [0.717, 1.165) is 12.3 Å². The van der Waals surface area contributed by atoms with Crippen molar-refractivity contribution in [2.45, 2.75) is 0 Å². The molecule has 0 unspecified atom stereocenters. The number of aryl methyl sites for hydroxylation is 1. The highest BCUT2D eigenvalue weighted by molar-refractivity contribution is 5.92. The zero-order valence-electron chi connectivity index (χ0n) is 8.57. The summed E-state index contributed by atoms with van der Waals surface area (Å²) >= 11 is 0. The molecular weight excluding hydrogens is 144 g/mol. The number of amides is 1. The van der Waals surface area contributed by atoms with Crippen molar-refractivity contribution in [3.63, 3.8) is 0 Å². The van der Waals surface area contributed by atoms with Gasteiger partial charge in [0.05, 0.1) is 5.56 Å². The lowest BCUT2D eigenvalue weighted by molar-refractivity contribution is 0.0999. The quantitative estimate of drug-likeness (QED) is 0.593. The van der Waals surface area contributed by atoms with Crippen molar-refractivity contribution in [1.82, 2.24) is 4.57 Å². The Hall–Kier alpha value is -1.58. The SMILES string of the molecule is [2H]C([2H])([2H])n1cc(C(N)=O)ccc1=O. The van der Waals surface area contributed by atoms with E-state index in [9.17, 15) is 9.59 Å². The van der Waals surface area contributed by atoms with E-state index < -0.39 is 18.4 Å². The molecule has 1 aromatic rings. The first-order valence-electron chi connectivity index (χ1n) is 4.35. The summed E-state index contributed by atoms with van der Waals surface area (Å²) in [5, 5.41) is 0. The summed E-state index contributed by atoms with van der Waals surface area (Å²) in [4.78, 5) is 21.8. The molecule has 4 nitrogen and oxygen atoms in total. The maximum Gasteiger partial charge on any atom is 0.250 e. The molecule has 1 aromatic heterocycles. The van der Waals surface area contributed by atoms with Gasteiger partial charge in [0.1, 0.15) is 0 Å². The molecule has 0 aromatic carbocycles. The van der Waals surface area contributed by atoms with E-state index in [2.05, 4.69) is 0 Å². The second kappa shape index (κ2) is 2.57. The number of hydrogen-bond acceptors (Lipinski definition) is 2. The molecule has 0 aliphatic heterocycles. The van der Waals surface area contributed by atoms with Gasteiger partial charge in [-0.15, -0.1) is 0 Å². The van der Waals surface area contributed by atoms with E-state index in [0.29, 0.717) is 4.57 Å². The fourth-order valence-electron chi connectivity index (χ4n) is 0.633. The highest BCUT2D eigenvalue weighted by Gasteiger charge is 1.99. The van der Waals surface area contributed by atoms with Crippen molar-refractivity contribution < 1.29 is 8.91 Å².